The summed E-state index contributed by atoms with van der Waals surface area (Å²) in [7, 11) is 0. The topological polar surface area (TPSA) is 67.8 Å². The molecule has 0 spiro atoms. The number of nitrogens with zero attached hydrogens (tertiary/aromatic N) is 1. The predicted octanol–water partition coefficient (Wildman–Crippen LogP) is 2.35. The number of rotatable bonds is 3. The van der Waals surface area contributed by atoms with E-state index in [9.17, 15) is 0 Å². The van der Waals surface area contributed by atoms with Gasteiger partial charge < -0.3 is 15.7 Å². The van der Waals surface area contributed by atoms with Crippen LogP contribution in [0.15, 0.2) is 29.4 Å². The summed E-state index contributed by atoms with van der Waals surface area (Å²) in [6, 6.07) is 7.48. The number of benzene rings is 1. The van der Waals surface area contributed by atoms with Crippen molar-refractivity contribution in [2.75, 3.05) is 0 Å². The lowest BCUT2D eigenvalue weighted by Gasteiger charge is -2.24. The van der Waals surface area contributed by atoms with Crippen molar-refractivity contribution < 1.29 is 9.94 Å². The van der Waals surface area contributed by atoms with E-state index in [0.717, 1.165) is 18.1 Å². The Bertz CT molecular complexity index is 473. The lowest BCUT2D eigenvalue weighted by Crippen LogP contribution is -2.25. The van der Waals surface area contributed by atoms with E-state index >= 15 is 0 Å². The van der Waals surface area contributed by atoms with E-state index in [1.54, 1.807) is 0 Å². The molecule has 4 heteroatoms. The van der Waals surface area contributed by atoms with E-state index in [-0.39, 0.29) is 5.84 Å². The summed E-state index contributed by atoms with van der Waals surface area (Å²) in [5.41, 5.74) is 6.33. The zero-order valence-electron chi connectivity index (χ0n) is 10.2. The third-order valence-corrected chi connectivity index (χ3v) is 4.22. The van der Waals surface area contributed by atoms with Gasteiger partial charge >= 0.3 is 0 Å². The standard InChI is InChI=1S/C14H18N2O2/c15-14(16-17)11-3-1-2-4-12(11)18-13-8-9-5-6-10(13)7-9/h1-4,9-10,13,17H,5-8H2,(H2,15,16). The highest BCUT2D eigenvalue weighted by Crippen LogP contribution is 2.46. The van der Waals surface area contributed by atoms with Crippen molar-refractivity contribution in [2.24, 2.45) is 22.7 Å². The first-order chi connectivity index (χ1) is 8.78. The number of amidine groups is 1. The first-order valence-electron chi connectivity index (χ1n) is 6.51. The van der Waals surface area contributed by atoms with Crippen LogP contribution in [0.25, 0.3) is 0 Å². The van der Waals surface area contributed by atoms with Crippen LogP contribution in [0, 0.1) is 11.8 Å². The van der Waals surface area contributed by atoms with E-state index in [1.165, 1.54) is 19.3 Å². The number of hydrogen-bond donors (Lipinski definition) is 2. The summed E-state index contributed by atoms with van der Waals surface area (Å²) in [5.74, 6) is 2.37. The van der Waals surface area contributed by atoms with Crippen molar-refractivity contribution in [3.63, 3.8) is 0 Å². The van der Waals surface area contributed by atoms with Crippen LogP contribution in [-0.2, 0) is 0 Å². The zero-order valence-corrected chi connectivity index (χ0v) is 10.2. The van der Waals surface area contributed by atoms with Gasteiger partial charge in [0.05, 0.1) is 5.56 Å². The summed E-state index contributed by atoms with van der Waals surface area (Å²) in [4.78, 5) is 0. The molecular formula is C14H18N2O2. The van der Waals surface area contributed by atoms with Gasteiger partial charge in [-0.15, -0.1) is 0 Å². The maximum absolute atomic E-state index is 8.79. The molecule has 0 saturated heterocycles. The Hall–Kier alpha value is -1.71. The van der Waals surface area contributed by atoms with Crippen molar-refractivity contribution >= 4 is 5.84 Å². The second-order valence-electron chi connectivity index (χ2n) is 5.31. The third kappa shape index (κ3) is 1.92. The van der Waals surface area contributed by atoms with Crippen LogP contribution in [0.1, 0.15) is 31.2 Å². The van der Waals surface area contributed by atoms with E-state index in [1.807, 2.05) is 24.3 Å². The summed E-state index contributed by atoms with van der Waals surface area (Å²) in [5, 5.41) is 11.8. The summed E-state index contributed by atoms with van der Waals surface area (Å²) < 4.78 is 6.09. The number of fused-ring (bicyclic) bond motifs is 2. The Morgan fingerprint density at radius 3 is 2.78 bits per heavy atom. The highest BCUT2D eigenvalue weighted by atomic mass is 16.5. The van der Waals surface area contributed by atoms with E-state index in [0.29, 0.717) is 17.6 Å². The van der Waals surface area contributed by atoms with Gasteiger partial charge in [0.25, 0.3) is 0 Å². The molecule has 3 atom stereocenters. The number of oxime groups is 1. The number of para-hydroxylation sites is 1. The molecule has 0 aliphatic heterocycles. The lowest BCUT2D eigenvalue weighted by atomic mass is 9.97. The van der Waals surface area contributed by atoms with Crippen LogP contribution >= 0.6 is 0 Å². The van der Waals surface area contributed by atoms with E-state index in [4.69, 9.17) is 15.7 Å². The molecule has 2 fully saturated rings. The monoisotopic (exact) mass is 246 g/mol. The van der Waals surface area contributed by atoms with E-state index in [2.05, 4.69) is 5.16 Å². The summed E-state index contributed by atoms with van der Waals surface area (Å²) in [6.45, 7) is 0. The Morgan fingerprint density at radius 1 is 1.28 bits per heavy atom. The van der Waals surface area contributed by atoms with Crippen LogP contribution in [-0.4, -0.2) is 17.1 Å². The maximum atomic E-state index is 8.79. The van der Waals surface area contributed by atoms with Gasteiger partial charge in [0.15, 0.2) is 5.84 Å². The molecule has 0 radical (unpaired) electrons. The molecule has 2 aliphatic carbocycles. The number of nitrogens with two attached hydrogens (primary N) is 1. The highest BCUT2D eigenvalue weighted by Gasteiger charge is 2.41. The molecule has 1 aromatic rings. The van der Waals surface area contributed by atoms with Crippen LogP contribution in [0.5, 0.6) is 5.75 Å². The quantitative estimate of drug-likeness (QED) is 0.372. The lowest BCUT2D eigenvalue weighted by molar-refractivity contribution is 0.138. The van der Waals surface area contributed by atoms with Gasteiger partial charge in [-0.25, -0.2) is 0 Å². The van der Waals surface area contributed by atoms with Gasteiger partial charge in [0, 0.05) is 0 Å². The molecule has 3 N–H and O–H groups in total. The van der Waals surface area contributed by atoms with Gasteiger partial charge in [-0.3, -0.25) is 0 Å². The van der Waals surface area contributed by atoms with Gasteiger partial charge in [-0.2, -0.15) is 0 Å². The second-order valence-corrected chi connectivity index (χ2v) is 5.31. The molecule has 4 nitrogen and oxygen atoms in total. The van der Waals surface area contributed by atoms with Gasteiger partial charge in [0.1, 0.15) is 11.9 Å². The highest BCUT2D eigenvalue weighted by molar-refractivity contribution is 5.99. The summed E-state index contributed by atoms with van der Waals surface area (Å²) in [6.07, 6.45) is 5.38. The average molecular weight is 246 g/mol. The average Bonchev–Trinajstić information content (AvgIpc) is 3.01. The van der Waals surface area contributed by atoms with Crippen LogP contribution in [0.3, 0.4) is 0 Å². The fraction of sp³-hybridized carbons (Fsp3) is 0.500. The molecule has 0 heterocycles. The smallest absolute Gasteiger partial charge is 0.173 e. The first kappa shape index (κ1) is 11.4. The van der Waals surface area contributed by atoms with Crippen LogP contribution < -0.4 is 10.5 Å². The molecule has 2 bridgehead atoms. The third-order valence-electron chi connectivity index (χ3n) is 4.22. The minimum atomic E-state index is 0.105. The maximum Gasteiger partial charge on any atom is 0.173 e. The Morgan fingerprint density at radius 2 is 2.11 bits per heavy atom. The van der Waals surface area contributed by atoms with Crippen molar-refractivity contribution in [3.05, 3.63) is 29.8 Å². The predicted molar refractivity (Wildman–Crippen MR) is 68.8 cm³/mol. The molecule has 96 valence electrons. The zero-order chi connectivity index (χ0) is 12.5. The molecular weight excluding hydrogens is 228 g/mol. The largest absolute Gasteiger partial charge is 0.489 e. The minimum Gasteiger partial charge on any atom is -0.489 e. The molecule has 18 heavy (non-hydrogen) atoms. The minimum absolute atomic E-state index is 0.105. The molecule has 3 unspecified atom stereocenters. The molecule has 2 saturated carbocycles. The Balaban J connectivity index is 1.80. The van der Waals surface area contributed by atoms with Crippen LogP contribution in [0.2, 0.25) is 0 Å². The van der Waals surface area contributed by atoms with Crippen molar-refractivity contribution in [1.29, 1.82) is 0 Å². The van der Waals surface area contributed by atoms with Crippen molar-refractivity contribution in [2.45, 2.75) is 31.8 Å². The summed E-state index contributed by atoms with van der Waals surface area (Å²) >= 11 is 0. The van der Waals surface area contributed by atoms with Gasteiger partial charge in [0.2, 0.25) is 0 Å². The number of ether oxygens (including phenoxy) is 1. The fourth-order valence-electron chi connectivity index (χ4n) is 3.33. The molecule has 3 rings (SSSR count). The second kappa shape index (κ2) is 4.52. The first-order valence-corrected chi connectivity index (χ1v) is 6.51. The normalized spacial score (nSPS) is 30.7. The Kier molecular flexibility index (Phi) is 2.86. The SMILES string of the molecule is N/C(=N/O)c1ccccc1OC1CC2CCC1C2. The fourth-order valence-corrected chi connectivity index (χ4v) is 3.33. The van der Waals surface area contributed by atoms with Crippen molar-refractivity contribution in [3.8, 4) is 5.75 Å². The van der Waals surface area contributed by atoms with Gasteiger partial charge in [-0.05, 0) is 49.7 Å². The van der Waals surface area contributed by atoms with E-state index < -0.39 is 0 Å². The molecule has 0 aromatic heterocycles. The van der Waals surface area contributed by atoms with Gasteiger partial charge in [-0.1, -0.05) is 17.3 Å². The molecule has 2 aliphatic rings. The van der Waals surface area contributed by atoms with Crippen molar-refractivity contribution in [1.82, 2.24) is 0 Å². The molecule has 0 amide bonds. The molecule has 1 aromatic carbocycles. The Labute approximate surface area is 106 Å². The van der Waals surface area contributed by atoms with Crippen LogP contribution in [0.4, 0.5) is 0 Å². The number of hydrogen-bond acceptors (Lipinski definition) is 3.